The topological polar surface area (TPSA) is 60.0 Å². The van der Waals surface area contributed by atoms with E-state index in [1.807, 2.05) is 7.05 Å². The van der Waals surface area contributed by atoms with Crippen molar-refractivity contribution in [2.75, 3.05) is 53.4 Å². The molecule has 0 aromatic carbocycles. The molecule has 0 aliphatic carbocycles. The van der Waals surface area contributed by atoms with Crippen LogP contribution in [0.15, 0.2) is 4.99 Å². The van der Waals surface area contributed by atoms with Crippen molar-refractivity contribution in [2.45, 2.75) is 25.7 Å². The molecule has 0 atom stereocenters. The monoisotopic (exact) mass is 295 g/mol. The van der Waals surface area contributed by atoms with Gasteiger partial charge in [0.25, 0.3) is 0 Å². The Balaban J connectivity index is 1.67. The van der Waals surface area contributed by atoms with E-state index >= 15 is 0 Å². The van der Waals surface area contributed by atoms with Crippen molar-refractivity contribution < 1.29 is 4.79 Å². The lowest BCUT2D eigenvalue weighted by Crippen LogP contribution is -2.49. The number of likely N-dealkylation sites (tertiary alicyclic amines) is 2. The van der Waals surface area contributed by atoms with Crippen LogP contribution in [0.5, 0.6) is 0 Å². The zero-order valence-corrected chi connectivity index (χ0v) is 13.4. The smallest absolute Gasteiger partial charge is 0.220 e. The average Bonchev–Trinajstić information content (AvgIpc) is 2.46. The van der Waals surface area contributed by atoms with Crippen LogP contribution >= 0.6 is 0 Å². The van der Waals surface area contributed by atoms with Crippen LogP contribution in [0.25, 0.3) is 0 Å². The molecule has 0 radical (unpaired) electrons. The highest BCUT2D eigenvalue weighted by atomic mass is 16.1. The number of rotatable bonds is 5. The molecule has 120 valence electrons. The van der Waals surface area contributed by atoms with Crippen molar-refractivity contribution in [3.63, 3.8) is 0 Å². The van der Waals surface area contributed by atoms with Crippen LogP contribution in [-0.2, 0) is 4.79 Å². The number of carbonyl (C=O) groups excluding carboxylic acids is 1. The fraction of sp³-hybridized carbons (Fsp3) is 0.867. The Hall–Kier alpha value is -1.30. The van der Waals surface area contributed by atoms with Crippen molar-refractivity contribution in [2.24, 2.45) is 10.9 Å². The van der Waals surface area contributed by atoms with Gasteiger partial charge < -0.3 is 20.4 Å². The van der Waals surface area contributed by atoms with Gasteiger partial charge in [-0.3, -0.25) is 9.79 Å². The van der Waals surface area contributed by atoms with E-state index in [2.05, 4.69) is 25.4 Å². The number of hydrogen-bond acceptors (Lipinski definition) is 3. The van der Waals surface area contributed by atoms with Gasteiger partial charge in [0.05, 0.1) is 0 Å². The second-order valence-corrected chi connectivity index (χ2v) is 5.98. The van der Waals surface area contributed by atoms with Crippen molar-refractivity contribution >= 4 is 11.9 Å². The van der Waals surface area contributed by atoms with Crippen LogP contribution in [0, 0.1) is 5.92 Å². The Kier molecular flexibility index (Phi) is 6.29. The molecule has 0 aromatic heterocycles. The predicted molar refractivity (Wildman–Crippen MR) is 85.4 cm³/mol. The fourth-order valence-corrected chi connectivity index (χ4v) is 2.98. The predicted octanol–water partition coefficient (Wildman–Crippen LogP) is 0.116. The maximum atomic E-state index is 11.4. The summed E-state index contributed by atoms with van der Waals surface area (Å²) in [5.41, 5.74) is 0. The zero-order valence-electron chi connectivity index (χ0n) is 13.4. The third kappa shape index (κ3) is 4.88. The lowest BCUT2D eigenvalue weighted by molar-refractivity contribution is -0.121. The molecule has 2 fully saturated rings. The standard InChI is InChI=1S/C15H29N5O/c1-16-14(21)12-13-4-9-20(10-5-13)15(17-2)18-6-11-19-7-3-8-19/h13H,3-12H2,1-2H3,(H,16,21)(H,17,18). The summed E-state index contributed by atoms with van der Waals surface area (Å²) in [6, 6.07) is 0. The van der Waals surface area contributed by atoms with E-state index in [9.17, 15) is 4.79 Å². The third-order valence-electron chi connectivity index (χ3n) is 4.54. The summed E-state index contributed by atoms with van der Waals surface area (Å²) < 4.78 is 0. The summed E-state index contributed by atoms with van der Waals surface area (Å²) in [6.45, 7) is 6.53. The molecule has 2 saturated heterocycles. The van der Waals surface area contributed by atoms with E-state index in [-0.39, 0.29) is 5.91 Å². The second-order valence-electron chi connectivity index (χ2n) is 5.98. The summed E-state index contributed by atoms with van der Waals surface area (Å²) >= 11 is 0. The summed E-state index contributed by atoms with van der Waals surface area (Å²) in [5, 5.41) is 6.17. The summed E-state index contributed by atoms with van der Waals surface area (Å²) in [5.74, 6) is 1.68. The van der Waals surface area contributed by atoms with Crippen molar-refractivity contribution in [1.29, 1.82) is 0 Å². The van der Waals surface area contributed by atoms with E-state index in [1.165, 1.54) is 19.5 Å². The SMILES string of the molecule is CN=C(NCCN1CCC1)N1CCC(CC(=O)NC)CC1. The van der Waals surface area contributed by atoms with Gasteiger partial charge >= 0.3 is 0 Å². The molecular formula is C15H29N5O. The van der Waals surface area contributed by atoms with E-state index in [4.69, 9.17) is 0 Å². The quantitative estimate of drug-likeness (QED) is 0.558. The van der Waals surface area contributed by atoms with Crippen LogP contribution in [0.4, 0.5) is 0 Å². The Labute approximate surface area is 128 Å². The van der Waals surface area contributed by atoms with Crippen LogP contribution in [0.2, 0.25) is 0 Å². The number of nitrogens with one attached hydrogen (secondary N) is 2. The molecule has 2 aliphatic rings. The molecular weight excluding hydrogens is 266 g/mol. The summed E-state index contributed by atoms with van der Waals surface area (Å²) in [4.78, 5) is 20.6. The normalized spacial score (nSPS) is 21.0. The van der Waals surface area contributed by atoms with Crippen molar-refractivity contribution in [1.82, 2.24) is 20.4 Å². The minimum Gasteiger partial charge on any atom is -0.359 e. The van der Waals surface area contributed by atoms with Crippen molar-refractivity contribution in [3.8, 4) is 0 Å². The molecule has 0 spiro atoms. The Morgan fingerprint density at radius 1 is 1.24 bits per heavy atom. The third-order valence-corrected chi connectivity index (χ3v) is 4.54. The van der Waals surface area contributed by atoms with E-state index in [1.54, 1.807) is 7.05 Å². The van der Waals surface area contributed by atoms with Gasteiger partial charge in [-0.15, -0.1) is 0 Å². The fourth-order valence-electron chi connectivity index (χ4n) is 2.98. The average molecular weight is 295 g/mol. The highest BCUT2D eigenvalue weighted by Crippen LogP contribution is 2.20. The minimum atomic E-state index is 0.158. The Morgan fingerprint density at radius 2 is 1.95 bits per heavy atom. The van der Waals surface area contributed by atoms with E-state index in [0.717, 1.165) is 45.0 Å². The van der Waals surface area contributed by atoms with Crippen molar-refractivity contribution in [3.05, 3.63) is 0 Å². The summed E-state index contributed by atoms with van der Waals surface area (Å²) in [7, 11) is 3.56. The molecule has 2 heterocycles. The first-order valence-electron chi connectivity index (χ1n) is 8.11. The molecule has 0 saturated carbocycles. The minimum absolute atomic E-state index is 0.158. The van der Waals surface area contributed by atoms with Gasteiger partial charge in [0.1, 0.15) is 0 Å². The molecule has 6 nitrogen and oxygen atoms in total. The van der Waals surface area contributed by atoms with Crippen LogP contribution in [0.3, 0.4) is 0 Å². The number of carbonyl (C=O) groups is 1. The van der Waals surface area contributed by atoms with Gasteiger partial charge in [-0.1, -0.05) is 0 Å². The van der Waals surface area contributed by atoms with E-state index < -0.39 is 0 Å². The highest BCUT2D eigenvalue weighted by molar-refractivity contribution is 5.80. The Bertz CT molecular complexity index is 359. The number of guanidine groups is 1. The second kappa shape index (κ2) is 8.22. The maximum Gasteiger partial charge on any atom is 0.220 e. The summed E-state index contributed by atoms with van der Waals surface area (Å²) in [6.07, 6.45) is 4.14. The van der Waals surface area contributed by atoms with Gasteiger partial charge in [0.2, 0.25) is 5.91 Å². The number of aliphatic imine (C=N–C) groups is 1. The van der Waals surface area contributed by atoms with Gasteiger partial charge in [-0.05, 0) is 38.3 Å². The van der Waals surface area contributed by atoms with Gasteiger partial charge in [-0.25, -0.2) is 0 Å². The lowest BCUT2D eigenvalue weighted by Gasteiger charge is -2.35. The molecule has 6 heteroatoms. The van der Waals surface area contributed by atoms with Crippen LogP contribution in [-0.4, -0.2) is 75.0 Å². The number of amides is 1. The number of piperidine rings is 1. The molecule has 21 heavy (non-hydrogen) atoms. The molecule has 0 bridgehead atoms. The molecule has 2 rings (SSSR count). The molecule has 1 amide bonds. The van der Waals surface area contributed by atoms with Gasteiger partial charge in [0.15, 0.2) is 5.96 Å². The Morgan fingerprint density at radius 3 is 2.48 bits per heavy atom. The highest BCUT2D eigenvalue weighted by Gasteiger charge is 2.23. The molecule has 0 unspecified atom stereocenters. The molecule has 2 aliphatic heterocycles. The van der Waals surface area contributed by atoms with Gasteiger partial charge in [0, 0.05) is 46.7 Å². The first kappa shape index (κ1) is 16.1. The van der Waals surface area contributed by atoms with Crippen LogP contribution < -0.4 is 10.6 Å². The molecule has 2 N–H and O–H groups in total. The number of hydrogen-bond donors (Lipinski definition) is 2. The maximum absolute atomic E-state index is 11.4. The zero-order chi connectivity index (χ0) is 15.1. The first-order valence-corrected chi connectivity index (χ1v) is 8.11. The van der Waals surface area contributed by atoms with E-state index in [0.29, 0.717) is 12.3 Å². The van der Waals surface area contributed by atoms with Gasteiger partial charge in [-0.2, -0.15) is 0 Å². The van der Waals surface area contributed by atoms with Crippen LogP contribution in [0.1, 0.15) is 25.7 Å². The molecule has 0 aromatic rings. The lowest BCUT2D eigenvalue weighted by atomic mass is 9.93. The first-order chi connectivity index (χ1) is 10.2. The number of nitrogens with zero attached hydrogens (tertiary/aromatic N) is 3. The largest absolute Gasteiger partial charge is 0.359 e.